The van der Waals surface area contributed by atoms with Crippen LogP contribution in [0.3, 0.4) is 0 Å². The molecule has 0 spiro atoms. The first-order valence-corrected chi connectivity index (χ1v) is 7.55. The third kappa shape index (κ3) is 4.61. The molecule has 0 aliphatic rings. The van der Waals surface area contributed by atoms with Crippen LogP contribution < -0.4 is 0 Å². The zero-order valence-corrected chi connectivity index (χ0v) is 7.80. The molecule has 8 radical (unpaired) electrons. The molecule has 0 aromatic heterocycles. The highest BCUT2D eigenvalue weighted by Crippen LogP contribution is 1.64. The molecule has 0 aromatic carbocycles. The smallest absolute Gasteiger partial charge is 0.210 e. The van der Waals surface area contributed by atoms with Crippen LogP contribution in [0.4, 0.5) is 4.79 Å². The lowest BCUT2D eigenvalue weighted by Gasteiger charge is -1.84. The van der Waals surface area contributed by atoms with Crippen LogP contribution in [0, 0.1) is 0 Å². The van der Waals surface area contributed by atoms with E-state index < -0.39 is 0 Å². The van der Waals surface area contributed by atoms with Gasteiger partial charge in [-0.2, -0.15) is 0 Å². The first kappa shape index (κ1) is 8.46. The Bertz CT molecular complexity index is 65.7. The van der Waals surface area contributed by atoms with E-state index in [-0.39, 0.29) is 41.7 Å². The molecule has 0 atom stereocenters. The van der Waals surface area contributed by atoms with Crippen LogP contribution in [0.15, 0.2) is 0 Å². The van der Waals surface area contributed by atoms with E-state index in [2.05, 4.69) is 0 Å². The van der Waals surface area contributed by atoms with Crippen molar-refractivity contribution in [2.75, 3.05) is 0 Å². The van der Waals surface area contributed by atoms with Crippen molar-refractivity contribution in [2.24, 2.45) is 0 Å². The van der Waals surface area contributed by atoms with Gasteiger partial charge >= 0.3 is 0 Å². The molecule has 0 fully saturated rings. The summed E-state index contributed by atoms with van der Waals surface area (Å²) in [5.74, 6) is 0. The van der Waals surface area contributed by atoms with Crippen LogP contribution in [0.2, 0.25) is 0 Å². The third-order valence-electron chi connectivity index (χ3n) is 0.339. The third-order valence-corrected chi connectivity index (χ3v) is 5.30. The van der Waals surface area contributed by atoms with Gasteiger partial charge in [0.05, 0.1) is 5.03 Å². The topological polar surface area (TPSA) is 57.5 Å². The molecular weight excluding hydrogens is 172 g/mol. The Labute approximate surface area is 56.6 Å². The predicted octanol–water partition coefficient (Wildman–Crippen LogP) is -2.43. The van der Waals surface area contributed by atoms with Crippen molar-refractivity contribution in [3.8, 4) is 0 Å². The Morgan fingerprint density at radius 3 is 1.75 bits per heavy atom. The molecule has 0 amide bonds. The van der Waals surface area contributed by atoms with Crippen LogP contribution in [-0.4, -0.2) is 51.3 Å². The van der Waals surface area contributed by atoms with Crippen molar-refractivity contribution in [1.82, 2.24) is 0 Å². The zero-order valence-electron chi connectivity index (χ0n) is 3.80. The fourth-order valence-corrected chi connectivity index (χ4v) is 4.45. The molecule has 3 nitrogen and oxygen atoms in total. The highest BCUT2D eigenvalue weighted by molar-refractivity contribution is 7.34. The summed E-state index contributed by atoms with van der Waals surface area (Å²) in [6, 6.07) is 0. The van der Waals surface area contributed by atoms with Gasteiger partial charge in [-0.1, -0.05) is 0 Å². The van der Waals surface area contributed by atoms with Gasteiger partial charge in [0.2, 0.25) is 18.6 Å². The monoisotopic (exact) mass is 174 g/mol. The molecule has 7 heteroatoms. The second-order valence-corrected chi connectivity index (χ2v) is 6.00. The molecule has 0 heterocycles. The molecule has 0 aliphatic carbocycles. The SMILES string of the molecule is O=C([Si][Si]O)[Si][Si]O. The maximum atomic E-state index is 10.4. The molecule has 0 aliphatic heterocycles. The number of carbonyl (C=O) groups is 1. The average Bonchev–Trinajstić information content (AvgIpc) is 1.68. The minimum atomic E-state index is -0.274. The van der Waals surface area contributed by atoms with Gasteiger partial charge in [-0.25, -0.2) is 0 Å². The van der Waals surface area contributed by atoms with E-state index in [1.807, 2.05) is 0 Å². The number of hydrogen-bond acceptors (Lipinski definition) is 3. The maximum absolute atomic E-state index is 10.4. The fourth-order valence-electron chi connectivity index (χ4n) is 0.133. The Kier molecular flexibility index (Phi) is 5.91. The van der Waals surface area contributed by atoms with Crippen molar-refractivity contribution in [1.29, 1.82) is 0 Å². The van der Waals surface area contributed by atoms with Gasteiger partial charge in [0.1, 0.15) is 18.1 Å². The maximum Gasteiger partial charge on any atom is 0.210 e. The molecule has 0 unspecified atom stereocenters. The van der Waals surface area contributed by atoms with Gasteiger partial charge in [-0.3, -0.25) is 0 Å². The molecule has 0 saturated carbocycles. The zero-order chi connectivity index (χ0) is 6.41. The van der Waals surface area contributed by atoms with Gasteiger partial charge in [-0.05, 0) is 0 Å². The molecular formula is CH2O3Si4. The van der Waals surface area contributed by atoms with E-state index in [1.54, 1.807) is 0 Å². The first-order valence-electron chi connectivity index (χ1n) is 1.65. The van der Waals surface area contributed by atoms with E-state index >= 15 is 0 Å². The fraction of sp³-hybridized carbons (Fsp3) is 0. The Balaban J connectivity index is 3.06. The molecule has 40 valence electrons. The summed E-state index contributed by atoms with van der Waals surface area (Å²) >= 11 is 0. The highest BCUT2D eigenvalue weighted by atomic mass is 29.2. The minimum absolute atomic E-state index is 0.000802. The standard InChI is InChI=1S/CH2O3Si4/c2-1(5-7-3)6-8-4/h3-4H. The van der Waals surface area contributed by atoms with Crippen LogP contribution in [0.5, 0.6) is 0 Å². The van der Waals surface area contributed by atoms with Crippen molar-refractivity contribution in [3.05, 3.63) is 0 Å². The van der Waals surface area contributed by atoms with E-state index in [0.29, 0.717) is 0 Å². The molecule has 0 aromatic rings. The summed E-state index contributed by atoms with van der Waals surface area (Å²) in [7, 11) is -0.549. The Morgan fingerprint density at radius 1 is 1.12 bits per heavy atom. The molecule has 2 N–H and O–H groups in total. The van der Waals surface area contributed by atoms with Crippen LogP contribution >= 0.6 is 0 Å². The molecule has 0 saturated heterocycles. The van der Waals surface area contributed by atoms with Crippen molar-refractivity contribution in [3.63, 3.8) is 0 Å². The van der Waals surface area contributed by atoms with Gasteiger partial charge < -0.3 is 14.4 Å². The second kappa shape index (κ2) is 5.59. The molecule has 8 heavy (non-hydrogen) atoms. The van der Waals surface area contributed by atoms with Gasteiger partial charge in [0.25, 0.3) is 0 Å². The van der Waals surface area contributed by atoms with Gasteiger partial charge in [0.15, 0.2) is 0 Å². The summed E-state index contributed by atoms with van der Waals surface area (Å²) in [5, 5.41) is -0.00772. The van der Waals surface area contributed by atoms with Crippen LogP contribution in [0.1, 0.15) is 0 Å². The van der Waals surface area contributed by atoms with Crippen molar-refractivity contribution < 1.29 is 14.4 Å². The van der Waals surface area contributed by atoms with Gasteiger partial charge in [-0.15, -0.1) is 0 Å². The number of hydrogen-bond donors (Lipinski definition) is 2. The van der Waals surface area contributed by atoms with Gasteiger partial charge in [0, 0.05) is 0 Å². The summed E-state index contributed by atoms with van der Waals surface area (Å²) in [6.45, 7) is 0. The molecule has 0 rings (SSSR count). The normalized spacial score (nSPS) is 9.25. The summed E-state index contributed by atoms with van der Waals surface area (Å²) in [6.07, 6.45) is 0. The summed E-state index contributed by atoms with van der Waals surface area (Å²) in [4.78, 5) is 26.8. The predicted molar refractivity (Wildman–Crippen MR) is 32.8 cm³/mol. The average molecular weight is 174 g/mol. The second-order valence-electron chi connectivity index (χ2n) is 0.803. The quantitative estimate of drug-likeness (QED) is 0.466. The lowest BCUT2D eigenvalue weighted by molar-refractivity contribution is 0.274. The largest absolute Gasteiger partial charge is 0.435 e. The Morgan fingerprint density at radius 2 is 1.50 bits per heavy atom. The molecule has 0 bridgehead atoms. The summed E-state index contributed by atoms with van der Waals surface area (Å²) < 4.78 is 0. The van der Waals surface area contributed by atoms with E-state index in [1.165, 1.54) is 0 Å². The summed E-state index contributed by atoms with van der Waals surface area (Å²) in [5.41, 5.74) is 0. The minimum Gasteiger partial charge on any atom is -0.435 e. The lowest BCUT2D eigenvalue weighted by Crippen LogP contribution is -2.24. The number of rotatable bonds is 4. The first-order chi connectivity index (χ1) is 3.81. The highest BCUT2D eigenvalue weighted by Gasteiger charge is 2.02. The Hall–Kier alpha value is 0.458. The van der Waals surface area contributed by atoms with Crippen LogP contribution in [-0.2, 0) is 0 Å². The van der Waals surface area contributed by atoms with E-state index in [4.69, 9.17) is 9.59 Å². The van der Waals surface area contributed by atoms with Crippen molar-refractivity contribution in [2.45, 2.75) is 0 Å². The van der Waals surface area contributed by atoms with E-state index in [0.717, 1.165) is 0 Å². The lowest BCUT2D eigenvalue weighted by atomic mass is 11.8. The van der Waals surface area contributed by atoms with Crippen molar-refractivity contribution >= 4 is 41.7 Å². The van der Waals surface area contributed by atoms with E-state index in [9.17, 15) is 4.79 Å². The number of carbonyl (C=O) groups excluding carboxylic acids is 1. The van der Waals surface area contributed by atoms with Crippen LogP contribution in [0.25, 0.3) is 0 Å².